The van der Waals surface area contributed by atoms with E-state index in [1.807, 2.05) is 0 Å². The van der Waals surface area contributed by atoms with Crippen molar-refractivity contribution >= 4 is 0 Å². The monoisotopic (exact) mass is 242 g/mol. The molecule has 0 spiro atoms. The molecule has 1 heterocycles. The van der Waals surface area contributed by atoms with Gasteiger partial charge in [-0.3, -0.25) is 0 Å². The minimum Gasteiger partial charge on any atom is -0.388 e. The van der Waals surface area contributed by atoms with Gasteiger partial charge in [-0.05, 0) is 24.6 Å². The minimum absolute atomic E-state index is 0.315. The molecule has 0 saturated carbocycles. The van der Waals surface area contributed by atoms with Gasteiger partial charge < -0.3 is 20.1 Å². The lowest BCUT2D eigenvalue weighted by molar-refractivity contribution is -0.0636. The van der Waals surface area contributed by atoms with Gasteiger partial charge >= 0.3 is 0 Å². The van der Waals surface area contributed by atoms with E-state index in [9.17, 15) is 19.7 Å². The Bertz CT molecular complexity index is 398. The predicted octanol–water partition coefficient (Wildman–Crippen LogP) is 0.368. The molecule has 0 bridgehead atoms. The lowest BCUT2D eigenvalue weighted by atomic mass is 9.99. The van der Waals surface area contributed by atoms with E-state index in [-0.39, 0.29) is 0 Å². The molecule has 1 saturated heterocycles. The van der Waals surface area contributed by atoms with Gasteiger partial charge in [0.05, 0.1) is 6.10 Å². The number of hydrogen-bond donors (Lipinski definition) is 3. The van der Waals surface area contributed by atoms with E-state index in [0.29, 0.717) is 5.56 Å². The van der Waals surface area contributed by atoms with Crippen LogP contribution in [-0.4, -0.2) is 39.7 Å². The zero-order valence-corrected chi connectivity index (χ0v) is 9.32. The average Bonchev–Trinajstić information content (AvgIpc) is 2.56. The van der Waals surface area contributed by atoms with E-state index < -0.39 is 36.3 Å². The Balaban J connectivity index is 2.18. The summed E-state index contributed by atoms with van der Waals surface area (Å²) in [4.78, 5) is 0. The maximum absolute atomic E-state index is 13.0. The van der Waals surface area contributed by atoms with Gasteiger partial charge in [0.15, 0.2) is 0 Å². The molecule has 5 heteroatoms. The first kappa shape index (κ1) is 12.4. The molecule has 0 aromatic heterocycles. The van der Waals surface area contributed by atoms with Crippen LogP contribution < -0.4 is 0 Å². The molecular weight excluding hydrogens is 227 g/mol. The first-order valence-electron chi connectivity index (χ1n) is 5.46. The van der Waals surface area contributed by atoms with Gasteiger partial charge in [-0.2, -0.15) is 0 Å². The highest BCUT2D eigenvalue weighted by molar-refractivity contribution is 5.20. The number of hydrogen-bond acceptors (Lipinski definition) is 4. The topological polar surface area (TPSA) is 69.9 Å². The molecular formula is C12H15FO4. The molecule has 0 amide bonds. The van der Waals surface area contributed by atoms with Crippen LogP contribution >= 0.6 is 0 Å². The van der Waals surface area contributed by atoms with Gasteiger partial charge in [0.1, 0.15) is 30.2 Å². The van der Waals surface area contributed by atoms with E-state index in [1.54, 1.807) is 13.0 Å². The Kier molecular flexibility index (Phi) is 3.44. The molecule has 4 nitrogen and oxygen atoms in total. The maximum Gasteiger partial charge on any atom is 0.123 e. The van der Waals surface area contributed by atoms with E-state index in [1.165, 1.54) is 18.2 Å². The molecule has 1 aromatic rings. The molecule has 17 heavy (non-hydrogen) atoms. The summed E-state index contributed by atoms with van der Waals surface area (Å²) in [5, 5.41) is 29.2. The van der Waals surface area contributed by atoms with Crippen molar-refractivity contribution in [3.05, 3.63) is 35.6 Å². The summed E-state index contributed by atoms with van der Waals surface area (Å²) in [5.74, 6) is -0.470. The van der Waals surface area contributed by atoms with Crippen molar-refractivity contribution in [1.29, 1.82) is 0 Å². The van der Waals surface area contributed by atoms with E-state index in [0.717, 1.165) is 0 Å². The second-order valence-electron chi connectivity index (χ2n) is 4.29. The predicted molar refractivity (Wildman–Crippen MR) is 57.7 cm³/mol. The number of aliphatic hydroxyl groups is 3. The standard InChI is InChI=1S/C12H15FO4/c1-6-9(14)11(16)12(17-6)10(15)7-3-2-4-8(13)5-7/h2-6,9-12,14-16H,1H3. The normalized spacial score (nSPS) is 34.9. The summed E-state index contributed by atoms with van der Waals surface area (Å²) >= 11 is 0. The molecule has 94 valence electrons. The molecule has 5 unspecified atom stereocenters. The number of rotatable bonds is 2. The molecule has 1 aliphatic heterocycles. The lowest BCUT2D eigenvalue weighted by Gasteiger charge is -2.21. The Hall–Kier alpha value is -1.01. The van der Waals surface area contributed by atoms with Crippen molar-refractivity contribution in [3.63, 3.8) is 0 Å². The van der Waals surface area contributed by atoms with Crippen LogP contribution in [0.15, 0.2) is 24.3 Å². The quantitative estimate of drug-likeness (QED) is 0.700. The first-order valence-corrected chi connectivity index (χ1v) is 5.46. The molecule has 0 radical (unpaired) electrons. The van der Waals surface area contributed by atoms with Crippen LogP contribution in [0.4, 0.5) is 4.39 Å². The van der Waals surface area contributed by atoms with Crippen LogP contribution in [0.5, 0.6) is 0 Å². The average molecular weight is 242 g/mol. The summed E-state index contributed by atoms with van der Waals surface area (Å²) in [6, 6.07) is 5.45. The van der Waals surface area contributed by atoms with Crippen LogP contribution in [0.2, 0.25) is 0 Å². The molecule has 1 aliphatic rings. The van der Waals surface area contributed by atoms with E-state index in [4.69, 9.17) is 4.74 Å². The maximum atomic E-state index is 13.0. The Morgan fingerprint density at radius 1 is 1.29 bits per heavy atom. The number of aliphatic hydroxyl groups excluding tert-OH is 3. The number of halogens is 1. The first-order chi connectivity index (χ1) is 8.00. The van der Waals surface area contributed by atoms with Crippen molar-refractivity contribution in [2.24, 2.45) is 0 Å². The van der Waals surface area contributed by atoms with Gasteiger partial charge in [-0.15, -0.1) is 0 Å². The molecule has 2 rings (SSSR count). The molecule has 0 aliphatic carbocycles. The van der Waals surface area contributed by atoms with Crippen LogP contribution in [0.1, 0.15) is 18.6 Å². The fourth-order valence-corrected chi connectivity index (χ4v) is 2.02. The van der Waals surface area contributed by atoms with Crippen LogP contribution in [0.3, 0.4) is 0 Å². The van der Waals surface area contributed by atoms with E-state index in [2.05, 4.69) is 0 Å². The third-order valence-corrected chi connectivity index (χ3v) is 3.04. The zero-order chi connectivity index (χ0) is 12.6. The van der Waals surface area contributed by atoms with Gasteiger partial charge in [0.25, 0.3) is 0 Å². The van der Waals surface area contributed by atoms with Crippen LogP contribution in [0.25, 0.3) is 0 Å². The fourth-order valence-electron chi connectivity index (χ4n) is 2.02. The Morgan fingerprint density at radius 2 is 2.00 bits per heavy atom. The third-order valence-electron chi connectivity index (χ3n) is 3.04. The Morgan fingerprint density at radius 3 is 2.53 bits per heavy atom. The molecule has 5 atom stereocenters. The van der Waals surface area contributed by atoms with Gasteiger partial charge in [0.2, 0.25) is 0 Å². The second kappa shape index (κ2) is 4.70. The zero-order valence-electron chi connectivity index (χ0n) is 9.32. The summed E-state index contributed by atoms with van der Waals surface area (Å²) in [5.41, 5.74) is 0.315. The fraction of sp³-hybridized carbons (Fsp3) is 0.500. The van der Waals surface area contributed by atoms with Gasteiger partial charge in [-0.1, -0.05) is 12.1 Å². The lowest BCUT2D eigenvalue weighted by Crippen LogP contribution is -2.34. The van der Waals surface area contributed by atoms with Crippen molar-refractivity contribution in [2.45, 2.75) is 37.4 Å². The smallest absolute Gasteiger partial charge is 0.123 e. The molecule has 3 N–H and O–H groups in total. The SMILES string of the molecule is CC1OC(C(O)c2cccc(F)c2)C(O)C1O. The molecule has 1 fully saturated rings. The van der Waals surface area contributed by atoms with E-state index >= 15 is 0 Å². The third kappa shape index (κ3) is 2.32. The largest absolute Gasteiger partial charge is 0.388 e. The summed E-state index contributed by atoms with van der Waals surface area (Å²) in [7, 11) is 0. The van der Waals surface area contributed by atoms with Gasteiger partial charge in [-0.25, -0.2) is 4.39 Å². The Labute approximate surface area is 98.3 Å². The summed E-state index contributed by atoms with van der Waals surface area (Å²) in [6.07, 6.45) is -4.88. The highest BCUT2D eigenvalue weighted by atomic mass is 19.1. The van der Waals surface area contributed by atoms with Crippen molar-refractivity contribution in [2.75, 3.05) is 0 Å². The van der Waals surface area contributed by atoms with Crippen LogP contribution in [0, 0.1) is 5.82 Å². The number of benzene rings is 1. The van der Waals surface area contributed by atoms with Crippen LogP contribution in [-0.2, 0) is 4.74 Å². The highest BCUT2D eigenvalue weighted by Gasteiger charge is 2.44. The van der Waals surface area contributed by atoms with Crippen molar-refractivity contribution < 1.29 is 24.4 Å². The summed E-state index contributed by atoms with van der Waals surface area (Å²) in [6.45, 7) is 1.60. The highest BCUT2D eigenvalue weighted by Crippen LogP contribution is 2.30. The van der Waals surface area contributed by atoms with Crippen molar-refractivity contribution in [1.82, 2.24) is 0 Å². The van der Waals surface area contributed by atoms with Crippen molar-refractivity contribution in [3.8, 4) is 0 Å². The minimum atomic E-state index is -1.18. The molecule has 1 aromatic carbocycles. The second-order valence-corrected chi connectivity index (χ2v) is 4.29. The number of ether oxygens (including phenoxy) is 1. The van der Waals surface area contributed by atoms with Gasteiger partial charge in [0, 0.05) is 0 Å². The summed E-state index contributed by atoms with van der Waals surface area (Å²) < 4.78 is 18.3.